The molecule has 0 aliphatic heterocycles. The van der Waals surface area contributed by atoms with Gasteiger partial charge in [-0.1, -0.05) is 42.5 Å². The Morgan fingerprint density at radius 1 is 1.09 bits per heavy atom. The van der Waals surface area contributed by atoms with Gasteiger partial charge in [0.25, 0.3) is 0 Å². The molecule has 23 heavy (non-hydrogen) atoms. The molecule has 0 unspecified atom stereocenters. The Morgan fingerprint density at radius 3 is 2.61 bits per heavy atom. The van der Waals surface area contributed by atoms with E-state index < -0.39 is 0 Å². The number of fused-ring (bicyclic) bond motifs is 1. The van der Waals surface area contributed by atoms with Crippen LogP contribution in [0.4, 0.5) is 0 Å². The first-order valence-electron chi connectivity index (χ1n) is 7.77. The lowest BCUT2D eigenvalue weighted by molar-refractivity contribution is -0.121. The highest BCUT2D eigenvalue weighted by atomic mass is 16.1. The van der Waals surface area contributed by atoms with Gasteiger partial charge in [0.05, 0.1) is 11.0 Å². The number of imidazole rings is 1. The van der Waals surface area contributed by atoms with E-state index in [2.05, 4.69) is 9.88 Å². The molecule has 0 radical (unpaired) electrons. The summed E-state index contributed by atoms with van der Waals surface area (Å²) in [6, 6.07) is 18.0. The summed E-state index contributed by atoms with van der Waals surface area (Å²) in [5.74, 6) is 0.894. The maximum atomic E-state index is 11.9. The topological polar surface area (TPSA) is 72.9 Å². The highest BCUT2D eigenvalue weighted by molar-refractivity contribution is 5.81. The summed E-state index contributed by atoms with van der Waals surface area (Å²) in [6.45, 7) is 1.55. The van der Waals surface area contributed by atoms with Crippen LogP contribution in [0.3, 0.4) is 0 Å². The number of hydrogen-bond acceptors (Lipinski definition) is 3. The Bertz CT molecular complexity index is 795. The second-order valence-corrected chi connectivity index (χ2v) is 5.33. The third kappa shape index (κ3) is 3.40. The van der Waals surface area contributed by atoms with Gasteiger partial charge in [-0.15, -0.1) is 0 Å². The van der Waals surface area contributed by atoms with Crippen molar-refractivity contribution in [2.24, 2.45) is 5.73 Å². The summed E-state index contributed by atoms with van der Waals surface area (Å²) < 4.78 is 2.10. The van der Waals surface area contributed by atoms with E-state index in [4.69, 9.17) is 10.7 Å². The molecule has 5 heteroatoms. The fourth-order valence-corrected chi connectivity index (χ4v) is 2.62. The fraction of sp³-hybridized carbons (Fsp3) is 0.222. The van der Waals surface area contributed by atoms with Crippen LogP contribution in [0.15, 0.2) is 54.6 Å². The minimum atomic E-state index is 0.00671. The molecule has 0 saturated carbocycles. The Morgan fingerprint density at radius 2 is 1.83 bits per heavy atom. The van der Waals surface area contributed by atoms with Crippen LogP contribution >= 0.6 is 0 Å². The second kappa shape index (κ2) is 7.07. The lowest BCUT2D eigenvalue weighted by atomic mass is 10.2. The number of aryl methyl sites for hydroxylation is 1. The van der Waals surface area contributed by atoms with Crippen molar-refractivity contribution in [1.82, 2.24) is 14.9 Å². The molecule has 3 rings (SSSR count). The van der Waals surface area contributed by atoms with Crippen molar-refractivity contribution in [2.45, 2.75) is 13.0 Å². The van der Waals surface area contributed by atoms with Crippen molar-refractivity contribution in [3.8, 4) is 11.4 Å². The first kappa shape index (κ1) is 15.2. The molecule has 3 aromatic rings. The van der Waals surface area contributed by atoms with E-state index in [9.17, 15) is 4.79 Å². The van der Waals surface area contributed by atoms with Crippen molar-refractivity contribution in [2.75, 3.05) is 13.1 Å². The number of amides is 1. The monoisotopic (exact) mass is 308 g/mol. The number of para-hydroxylation sites is 2. The quantitative estimate of drug-likeness (QED) is 0.733. The Hall–Kier alpha value is -2.66. The van der Waals surface area contributed by atoms with E-state index in [1.165, 1.54) is 0 Å². The second-order valence-electron chi connectivity index (χ2n) is 5.33. The minimum absolute atomic E-state index is 0.00671. The van der Waals surface area contributed by atoms with Crippen LogP contribution in [0.2, 0.25) is 0 Å². The molecule has 1 amide bonds. The summed E-state index contributed by atoms with van der Waals surface area (Å²) in [5, 5.41) is 2.80. The van der Waals surface area contributed by atoms with Crippen LogP contribution in [-0.4, -0.2) is 28.5 Å². The summed E-state index contributed by atoms with van der Waals surface area (Å²) in [5.41, 5.74) is 8.44. The molecule has 3 N–H and O–H groups in total. The van der Waals surface area contributed by atoms with Crippen LogP contribution in [-0.2, 0) is 11.3 Å². The zero-order valence-electron chi connectivity index (χ0n) is 12.9. The predicted molar refractivity (Wildman–Crippen MR) is 91.9 cm³/mol. The third-order valence-corrected chi connectivity index (χ3v) is 3.72. The zero-order valence-corrected chi connectivity index (χ0v) is 12.9. The number of carbonyl (C=O) groups is 1. The number of aromatic nitrogens is 2. The smallest absolute Gasteiger partial charge is 0.221 e. The van der Waals surface area contributed by atoms with Gasteiger partial charge in [0.1, 0.15) is 5.82 Å². The van der Waals surface area contributed by atoms with Crippen LogP contribution < -0.4 is 11.1 Å². The molecule has 0 spiro atoms. The van der Waals surface area contributed by atoms with Crippen molar-refractivity contribution in [3.05, 3.63) is 54.6 Å². The van der Waals surface area contributed by atoms with Crippen molar-refractivity contribution in [3.63, 3.8) is 0 Å². The van der Waals surface area contributed by atoms with E-state index in [-0.39, 0.29) is 5.91 Å². The molecule has 0 aliphatic rings. The number of carbonyl (C=O) groups excluding carboxylic acids is 1. The van der Waals surface area contributed by atoms with E-state index in [1.807, 2.05) is 54.6 Å². The van der Waals surface area contributed by atoms with Gasteiger partial charge in [-0.25, -0.2) is 4.98 Å². The third-order valence-electron chi connectivity index (χ3n) is 3.72. The molecular weight excluding hydrogens is 288 g/mol. The molecular formula is C18H20N4O. The lowest BCUT2D eigenvalue weighted by Crippen LogP contribution is -2.29. The highest BCUT2D eigenvalue weighted by Crippen LogP contribution is 2.24. The Balaban J connectivity index is 1.92. The van der Waals surface area contributed by atoms with Crippen LogP contribution in [0.1, 0.15) is 6.42 Å². The van der Waals surface area contributed by atoms with E-state index in [0.29, 0.717) is 26.1 Å². The van der Waals surface area contributed by atoms with Gasteiger partial charge in [0.2, 0.25) is 5.91 Å². The first-order valence-corrected chi connectivity index (χ1v) is 7.77. The molecule has 2 aromatic carbocycles. The molecule has 0 fully saturated rings. The van der Waals surface area contributed by atoms with Gasteiger partial charge in [-0.3, -0.25) is 4.79 Å². The predicted octanol–water partition coefficient (Wildman–Crippen LogP) is 2.17. The number of nitrogens with zero attached hydrogens (tertiary/aromatic N) is 2. The summed E-state index contributed by atoms with van der Waals surface area (Å²) in [4.78, 5) is 16.6. The standard InChI is InChI=1S/C18H20N4O/c19-11-12-20-17(23)10-13-22-16-9-5-4-8-15(16)21-18(22)14-6-2-1-3-7-14/h1-9H,10-13,19H2,(H,20,23). The van der Waals surface area contributed by atoms with Gasteiger partial charge >= 0.3 is 0 Å². The lowest BCUT2D eigenvalue weighted by Gasteiger charge is -2.09. The minimum Gasteiger partial charge on any atom is -0.355 e. The largest absolute Gasteiger partial charge is 0.355 e. The number of rotatable bonds is 6. The van der Waals surface area contributed by atoms with Crippen molar-refractivity contribution < 1.29 is 4.79 Å². The van der Waals surface area contributed by atoms with Gasteiger partial charge < -0.3 is 15.6 Å². The molecule has 0 atom stereocenters. The maximum Gasteiger partial charge on any atom is 0.221 e. The van der Waals surface area contributed by atoms with Crippen LogP contribution in [0, 0.1) is 0 Å². The number of hydrogen-bond donors (Lipinski definition) is 2. The number of benzene rings is 2. The maximum absolute atomic E-state index is 11.9. The summed E-state index contributed by atoms with van der Waals surface area (Å²) >= 11 is 0. The first-order chi connectivity index (χ1) is 11.3. The molecule has 1 aromatic heterocycles. The molecule has 1 heterocycles. The highest BCUT2D eigenvalue weighted by Gasteiger charge is 2.13. The molecule has 0 aliphatic carbocycles. The van der Waals surface area contributed by atoms with Gasteiger partial charge in [0, 0.05) is 31.6 Å². The molecule has 0 saturated heterocycles. The van der Waals surface area contributed by atoms with Gasteiger partial charge in [0.15, 0.2) is 0 Å². The molecule has 0 bridgehead atoms. The fourth-order valence-electron chi connectivity index (χ4n) is 2.62. The number of nitrogens with two attached hydrogens (primary N) is 1. The van der Waals surface area contributed by atoms with Crippen molar-refractivity contribution in [1.29, 1.82) is 0 Å². The van der Waals surface area contributed by atoms with Gasteiger partial charge in [-0.2, -0.15) is 0 Å². The Labute approximate surface area is 135 Å². The van der Waals surface area contributed by atoms with E-state index in [1.54, 1.807) is 0 Å². The van der Waals surface area contributed by atoms with E-state index >= 15 is 0 Å². The average Bonchev–Trinajstić information content (AvgIpc) is 2.97. The van der Waals surface area contributed by atoms with E-state index in [0.717, 1.165) is 22.4 Å². The van der Waals surface area contributed by atoms with Crippen molar-refractivity contribution >= 4 is 16.9 Å². The average molecular weight is 308 g/mol. The van der Waals surface area contributed by atoms with Gasteiger partial charge in [-0.05, 0) is 12.1 Å². The van der Waals surface area contributed by atoms with Crippen LogP contribution in [0.25, 0.3) is 22.4 Å². The summed E-state index contributed by atoms with van der Waals surface area (Å²) in [6.07, 6.45) is 0.403. The normalized spacial score (nSPS) is 10.8. The molecule has 5 nitrogen and oxygen atoms in total. The zero-order chi connectivity index (χ0) is 16.1. The number of nitrogens with one attached hydrogen (secondary N) is 1. The van der Waals surface area contributed by atoms with Crippen LogP contribution in [0.5, 0.6) is 0 Å². The molecule has 118 valence electrons. The Kier molecular flexibility index (Phi) is 4.68. The summed E-state index contributed by atoms with van der Waals surface area (Å²) in [7, 11) is 0. The SMILES string of the molecule is NCCNC(=O)CCn1c(-c2ccccc2)nc2ccccc21.